The lowest BCUT2D eigenvalue weighted by atomic mass is 10.0. The van der Waals surface area contributed by atoms with Gasteiger partial charge in [-0.2, -0.15) is 0 Å². The molecule has 148 valence electrons. The van der Waals surface area contributed by atoms with Gasteiger partial charge in [0.2, 0.25) is 0 Å². The second kappa shape index (κ2) is 7.71. The number of ketones is 1. The molecule has 0 fully saturated rings. The van der Waals surface area contributed by atoms with E-state index in [0.717, 1.165) is 16.1 Å². The fourth-order valence-electron chi connectivity index (χ4n) is 3.17. The zero-order valence-corrected chi connectivity index (χ0v) is 16.7. The van der Waals surface area contributed by atoms with E-state index in [-0.39, 0.29) is 35.9 Å². The lowest BCUT2D eigenvalue weighted by Gasteiger charge is -2.13. The number of aromatic nitrogens is 2. The van der Waals surface area contributed by atoms with E-state index in [0.29, 0.717) is 22.6 Å². The minimum absolute atomic E-state index is 0.0324. The van der Waals surface area contributed by atoms with E-state index < -0.39 is 0 Å². The van der Waals surface area contributed by atoms with E-state index in [2.05, 4.69) is 15.3 Å². The molecule has 0 aliphatic carbocycles. The van der Waals surface area contributed by atoms with Gasteiger partial charge in [0.05, 0.1) is 23.3 Å². The Balaban J connectivity index is 1.49. The molecule has 6 nitrogen and oxygen atoms in total. The summed E-state index contributed by atoms with van der Waals surface area (Å²) in [5.41, 5.74) is 2.32. The van der Waals surface area contributed by atoms with Crippen LogP contribution in [0.4, 0.5) is 4.39 Å². The summed E-state index contributed by atoms with van der Waals surface area (Å²) in [5, 5.41) is 2.79. The fraction of sp³-hybridized carbons (Fsp3) is 0.238. The van der Waals surface area contributed by atoms with Gasteiger partial charge in [-0.05, 0) is 38.1 Å². The van der Waals surface area contributed by atoms with Crippen molar-refractivity contribution >= 4 is 23.0 Å². The molecule has 0 saturated carbocycles. The molecule has 1 aliphatic rings. The van der Waals surface area contributed by atoms with Crippen LogP contribution in [0.15, 0.2) is 36.7 Å². The Morgan fingerprint density at radius 3 is 2.79 bits per heavy atom. The number of nitrogens with zero attached hydrogens (tertiary/aromatic N) is 2. The highest BCUT2D eigenvalue weighted by atomic mass is 32.1. The number of halogens is 1. The number of amides is 1. The highest BCUT2D eigenvalue weighted by Gasteiger charge is 2.28. The minimum Gasteiger partial charge on any atom is -0.487 e. The number of hydrogen-bond acceptors (Lipinski definition) is 6. The first-order valence-electron chi connectivity index (χ1n) is 9.08. The van der Waals surface area contributed by atoms with Crippen molar-refractivity contribution in [2.45, 2.75) is 26.4 Å². The smallest absolute Gasteiger partial charge is 0.271 e. The van der Waals surface area contributed by atoms with Gasteiger partial charge in [0.1, 0.15) is 23.4 Å². The lowest BCUT2D eigenvalue weighted by molar-refractivity contribution is 0.0927. The monoisotopic (exact) mass is 411 g/mol. The van der Waals surface area contributed by atoms with Crippen LogP contribution in [0.5, 0.6) is 5.75 Å². The van der Waals surface area contributed by atoms with E-state index in [1.165, 1.54) is 42.8 Å². The number of hydrogen-bond donors (Lipinski definition) is 1. The van der Waals surface area contributed by atoms with E-state index in [9.17, 15) is 14.0 Å². The minimum atomic E-state index is -0.361. The second-order valence-corrected chi connectivity index (χ2v) is 7.94. The van der Waals surface area contributed by atoms with Crippen molar-refractivity contribution in [2.75, 3.05) is 6.54 Å². The van der Waals surface area contributed by atoms with E-state index in [1.54, 1.807) is 19.1 Å². The maximum absolute atomic E-state index is 14.2. The van der Waals surface area contributed by atoms with Crippen LogP contribution in [0, 0.1) is 12.7 Å². The van der Waals surface area contributed by atoms with Gasteiger partial charge in [-0.25, -0.2) is 9.37 Å². The Morgan fingerprint density at radius 2 is 2.10 bits per heavy atom. The first kappa shape index (κ1) is 19.2. The number of carbonyl (C=O) groups is 2. The SMILES string of the molecule is CC(=O)c1ccc(-c2cc(F)cc3c2OC(CNC(=O)c2cnc(C)cn2)C3)s1. The maximum Gasteiger partial charge on any atom is 0.271 e. The normalized spacial score (nSPS) is 14.9. The molecule has 29 heavy (non-hydrogen) atoms. The molecule has 0 spiro atoms. The summed E-state index contributed by atoms with van der Waals surface area (Å²) in [5.74, 6) is -0.139. The van der Waals surface area contributed by atoms with Gasteiger partial charge < -0.3 is 10.1 Å². The molecule has 1 amide bonds. The Hall–Kier alpha value is -3.13. The largest absolute Gasteiger partial charge is 0.487 e. The molecule has 1 N–H and O–H groups in total. The van der Waals surface area contributed by atoms with Gasteiger partial charge >= 0.3 is 0 Å². The van der Waals surface area contributed by atoms with E-state index in [4.69, 9.17) is 4.74 Å². The molecule has 0 bridgehead atoms. The number of aryl methyl sites for hydroxylation is 1. The highest BCUT2D eigenvalue weighted by molar-refractivity contribution is 7.17. The molecule has 3 aromatic rings. The van der Waals surface area contributed by atoms with Gasteiger partial charge in [0.15, 0.2) is 5.78 Å². The molecule has 1 unspecified atom stereocenters. The number of nitrogens with one attached hydrogen (secondary N) is 1. The molecular weight excluding hydrogens is 393 g/mol. The van der Waals surface area contributed by atoms with Crippen molar-refractivity contribution < 1.29 is 18.7 Å². The molecule has 1 atom stereocenters. The van der Waals surface area contributed by atoms with Gasteiger partial charge in [0, 0.05) is 28.6 Å². The first-order chi connectivity index (χ1) is 13.9. The summed E-state index contributed by atoms with van der Waals surface area (Å²) in [4.78, 5) is 33.3. The summed E-state index contributed by atoms with van der Waals surface area (Å²) in [6, 6.07) is 6.39. The Kier molecular flexibility index (Phi) is 5.10. The molecular formula is C21H18FN3O3S. The standard InChI is InChI=1S/C21H18FN3O3S/c1-11-8-24-17(10-23-11)21(27)25-9-15-6-13-5-14(22)7-16(20(13)28-15)19-4-3-18(29-19)12(2)26/h3-5,7-8,10,15H,6,9H2,1-2H3,(H,25,27). The third kappa shape index (κ3) is 4.02. The number of Topliss-reactive ketones (excluding diaryl/α,β-unsaturated/α-hetero) is 1. The molecule has 0 radical (unpaired) electrons. The van der Waals surface area contributed by atoms with Crippen LogP contribution in [0.1, 0.15) is 38.3 Å². The van der Waals surface area contributed by atoms with Gasteiger partial charge in [-0.15, -0.1) is 11.3 Å². The third-order valence-electron chi connectivity index (χ3n) is 4.59. The average Bonchev–Trinajstić information content (AvgIpc) is 3.33. The molecule has 1 aromatic carbocycles. The number of thiophene rings is 1. The van der Waals surface area contributed by atoms with Crippen molar-refractivity contribution in [3.63, 3.8) is 0 Å². The maximum atomic E-state index is 14.2. The Bertz CT molecular complexity index is 1100. The molecule has 2 aromatic heterocycles. The molecule has 4 rings (SSSR count). The number of benzene rings is 1. The summed E-state index contributed by atoms with van der Waals surface area (Å²) < 4.78 is 20.2. The summed E-state index contributed by atoms with van der Waals surface area (Å²) in [7, 11) is 0. The zero-order chi connectivity index (χ0) is 20.5. The summed E-state index contributed by atoms with van der Waals surface area (Å²) >= 11 is 1.31. The van der Waals surface area contributed by atoms with Crippen molar-refractivity contribution in [3.8, 4) is 16.2 Å². The first-order valence-corrected chi connectivity index (χ1v) is 9.89. The van der Waals surface area contributed by atoms with Gasteiger partial charge in [0.25, 0.3) is 5.91 Å². The second-order valence-electron chi connectivity index (χ2n) is 6.86. The van der Waals surface area contributed by atoms with Crippen LogP contribution in [-0.4, -0.2) is 34.3 Å². The zero-order valence-electron chi connectivity index (χ0n) is 15.9. The predicted octanol–water partition coefficient (Wildman–Crippen LogP) is 3.59. The van der Waals surface area contributed by atoms with Crippen molar-refractivity contribution in [3.05, 3.63) is 64.3 Å². The molecule has 0 saturated heterocycles. The van der Waals surface area contributed by atoms with Crippen molar-refractivity contribution in [1.82, 2.24) is 15.3 Å². The molecule has 3 heterocycles. The lowest BCUT2D eigenvalue weighted by Crippen LogP contribution is -2.34. The van der Waals surface area contributed by atoms with Crippen molar-refractivity contribution in [2.24, 2.45) is 0 Å². The van der Waals surface area contributed by atoms with Crippen LogP contribution in [0.2, 0.25) is 0 Å². The summed E-state index contributed by atoms with van der Waals surface area (Å²) in [6.45, 7) is 3.55. The Morgan fingerprint density at radius 1 is 1.28 bits per heavy atom. The average molecular weight is 411 g/mol. The van der Waals surface area contributed by atoms with Crippen LogP contribution in [0.25, 0.3) is 10.4 Å². The predicted molar refractivity (Wildman–Crippen MR) is 107 cm³/mol. The topological polar surface area (TPSA) is 81.2 Å². The van der Waals surface area contributed by atoms with Crippen LogP contribution in [0.3, 0.4) is 0 Å². The number of rotatable bonds is 5. The van der Waals surface area contributed by atoms with Crippen LogP contribution in [-0.2, 0) is 6.42 Å². The number of ether oxygens (including phenoxy) is 1. The van der Waals surface area contributed by atoms with Crippen molar-refractivity contribution in [1.29, 1.82) is 0 Å². The number of fused-ring (bicyclic) bond motifs is 1. The Labute approximate surface area is 170 Å². The third-order valence-corrected chi connectivity index (χ3v) is 5.80. The highest BCUT2D eigenvalue weighted by Crippen LogP contribution is 2.42. The fourth-order valence-corrected chi connectivity index (χ4v) is 4.08. The van der Waals surface area contributed by atoms with Crippen LogP contribution < -0.4 is 10.1 Å². The summed E-state index contributed by atoms with van der Waals surface area (Å²) in [6.07, 6.45) is 3.11. The van der Waals surface area contributed by atoms with E-state index in [1.807, 2.05) is 0 Å². The quantitative estimate of drug-likeness (QED) is 0.649. The van der Waals surface area contributed by atoms with Gasteiger partial charge in [-0.1, -0.05) is 0 Å². The van der Waals surface area contributed by atoms with Gasteiger partial charge in [-0.3, -0.25) is 14.6 Å². The molecule has 1 aliphatic heterocycles. The van der Waals surface area contributed by atoms with Crippen LogP contribution >= 0.6 is 11.3 Å². The number of carbonyl (C=O) groups excluding carboxylic acids is 2. The molecule has 8 heteroatoms. The van der Waals surface area contributed by atoms with E-state index >= 15 is 0 Å².